The lowest BCUT2D eigenvalue weighted by atomic mass is 9.87. The number of nitrogens with zero attached hydrogens (tertiary/aromatic N) is 1. The van der Waals surface area contributed by atoms with Crippen molar-refractivity contribution < 1.29 is 4.79 Å². The van der Waals surface area contributed by atoms with Crippen molar-refractivity contribution >= 4 is 5.91 Å². The van der Waals surface area contributed by atoms with Crippen molar-refractivity contribution in [3.63, 3.8) is 0 Å². The van der Waals surface area contributed by atoms with E-state index in [0.29, 0.717) is 18.6 Å². The molecule has 2 rings (SSSR count). The van der Waals surface area contributed by atoms with Gasteiger partial charge in [0.1, 0.15) is 0 Å². The van der Waals surface area contributed by atoms with Gasteiger partial charge in [-0.2, -0.15) is 0 Å². The second-order valence-corrected chi connectivity index (χ2v) is 4.23. The van der Waals surface area contributed by atoms with Gasteiger partial charge in [-0.1, -0.05) is 19.3 Å². The Bertz CT molecular complexity index is 199. The zero-order valence-electron chi connectivity index (χ0n) is 8.25. The number of carbonyl (C=O) groups is 1. The van der Waals surface area contributed by atoms with Crippen molar-refractivity contribution in [2.24, 2.45) is 5.92 Å². The maximum absolute atomic E-state index is 11.3. The molecule has 13 heavy (non-hydrogen) atoms. The van der Waals surface area contributed by atoms with Gasteiger partial charge in [0, 0.05) is 7.05 Å². The maximum atomic E-state index is 11.3. The number of carbonyl (C=O) groups excluding carboxylic acids is 1. The van der Waals surface area contributed by atoms with Crippen LogP contribution in [0.4, 0.5) is 0 Å². The van der Waals surface area contributed by atoms with Crippen molar-refractivity contribution in [2.45, 2.75) is 38.3 Å². The normalized spacial score (nSPS) is 31.3. The molecule has 0 bridgehead atoms. The van der Waals surface area contributed by atoms with Crippen molar-refractivity contribution in [3.05, 3.63) is 0 Å². The number of likely N-dealkylation sites (N-methyl/N-ethyl adjacent to an activating group) is 1. The monoisotopic (exact) mass is 182 g/mol. The van der Waals surface area contributed by atoms with Crippen LogP contribution in [0, 0.1) is 5.92 Å². The summed E-state index contributed by atoms with van der Waals surface area (Å²) in [4.78, 5) is 13.2. The molecule has 2 fully saturated rings. The summed E-state index contributed by atoms with van der Waals surface area (Å²) >= 11 is 0. The summed E-state index contributed by atoms with van der Waals surface area (Å²) in [7, 11) is 1.92. The van der Waals surface area contributed by atoms with E-state index < -0.39 is 0 Å². The van der Waals surface area contributed by atoms with Gasteiger partial charge in [0.15, 0.2) is 0 Å². The predicted octanol–water partition coefficient (Wildman–Crippen LogP) is 0.954. The van der Waals surface area contributed by atoms with Crippen LogP contribution >= 0.6 is 0 Å². The minimum absolute atomic E-state index is 0.246. The fraction of sp³-hybridized carbons (Fsp3) is 0.900. The van der Waals surface area contributed by atoms with Crippen LogP contribution < -0.4 is 5.32 Å². The second kappa shape index (κ2) is 3.66. The molecule has 1 heterocycles. The van der Waals surface area contributed by atoms with E-state index in [1.807, 2.05) is 11.9 Å². The number of amides is 1. The molecule has 1 aliphatic carbocycles. The average Bonchev–Trinajstić information content (AvgIpc) is 2.49. The topological polar surface area (TPSA) is 32.3 Å². The van der Waals surface area contributed by atoms with Gasteiger partial charge < -0.3 is 4.90 Å². The Hall–Kier alpha value is -0.570. The van der Waals surface area contributed by atoms with Gasteiger partial charge in [0.2, 0.25) is 5.91 Å². The molecule has 1 aliphatic heterocycles. The number of hydrogen-bond donors (Lipinski definition) is 1. The first-order valence-corrected chi connectivity index (χ1v) is 5.28. The third-order valence-electron chi connectivity index (χ3n) is 3.37. The SMILES string of the molecule is CN1C(=O)CNC1C1CCCCC1. The highest BCUT2D eigenvalue weighted by Gasteiger charge is 2.33. The zero-order valence-corrected chi connectivity index (χ0v) is 8.25. The number of rotatable bonds is 1. The van der Waals surface area contributed by atoms with Crippen molar-refractivity contribution in [1.82, 2.24) is 10.2 Å². The van der Waals surface area contributed by atoms with Gasteiger partial charge in [-0.25, -0.2) is 0 Å². The van der Waals surface area contributed by atoms with Crippen molar-refractivity contribution in [1.29, 1.82) is 0 Å². The van der Waals surface area contributed by atoms with Crippen molar-refractivity contribution in [2.75, 3.05) is 13.6 Å². The van der Waals surface area contributed by atoms with E-state index in [2.05, 4.69) is 5.32 Å². The minimum Gasteiger partial charge on any atom is -0.329 e. The molecule has 1 unspecified atom stereocenters. The van der Waals surface area contributed by atoms with Crippen LogP contribution in [0.2, 0.25) is 0 Å². The molecule has 74 valence electrons. The summed E-state index contributed by atoms with van der Waals surface area (Å²) in [6.45, 7) is 0.539. The van der Waals surface area contributed by atoms with Gasteiger partial charge in [-0.15, -0.1) is 0 Å². The number of nitrogens with one attached hydrogen (secondary N) is 1. The Labute approximate surface area is 79.5 Å². The molecule has 2 aliphatic rings. The van der Waals surface area contributed by atoms with E-state index in [-0.39, 0.29) is 5.91 Å². The van der Waals surface area contributed by atoms with E-state index in [4.69, 9.17) is 0 Å². The lowest BCUT2D eigenvalue weighted by Crippen LogP contribution is -2.41. The summed E-state index contributed by atoms with van der Waals surface area (Å²) in [6, 6.07) is 0. The van der Waals surface area contributed by atoms with Gasteiger partial charge in [0.05, 0.1) is 12.7 Å². The van der Waals surface area contributed by atoms with Gasteiger partial charge in [-0.05, 0) is 18.8 Å². The van der Waals surface area contributed by atoms with E-state index in [1.165, 1.54) is 32.1 Å². The highest BCUT2D eigenvalue weighted by molar-refractivity contribution is 5.80. The van der Waals surface area contributed by atoms with Crippen LogP contribution in [0.25, 0.3) is 0 Å². The molecule has 1 atom stereocenters. The standard InChI is InChI=1S/C10H18N2O/c1-12-9(13)7-11-10(12)8-5-3-2-4-6-8/h8,10-11H,2-7H2,1H3. The van der Waals surface area contributed by atoms with E-state index in [9.17, 15) is 4.79 Å². The molecule has 0 aromatic rings. The predicted molar refractivity (Wildman–Crippen MR) is 51.1 cm³/mol. The van der Waals surface area contributed by atoms with Crippen LogP contribution in [-0.2, 0) is 4.79 Å². The highest BCUT2D eigenvalue weighted by atomic mass is 16.2. The Morgan fingerprint density at radius 1 is 1.31 bits per heavy atom. The minimum atomic E-state index is 0.246. The average molecular weight is 182 g/mol. The largest absolute Gasteiger partial charge is 0.329 e. The quantitative estimate of drug-likeness (QED) is 0.655. The summed E-state index contributed by atoms with van der Waals surface area (Å²) < 4.78 is 0. The molecule has 1 saturated carbocycles. The summed E-state index contributed by atoms with van der Waals surface area (Å²) in [5, 5.41) is 3.30. The Morgan fingerprint density at radius 2 is 2.00 bits per heavy atom. The Balaban J connectivity index is 1.95. The van der Waals surface area contributed by atoms with Crippen LogP contribution in [0.15, 0.2) is 0 Å². The second-order valence-electron chi connectivity index (χ2n) is 4.23. The maximum Gasteiger partial charge on any atom is 0.237 e. The lowest BCUT2D eigenvalue weighted by molar-refractivity contribution is -0.127. The first-order chi connectivity index (χ1) is 6.29. The fourth-order valence-electron chi connectivity index (χ4n) is 2.54. The molecule has 0 radical (unpaired) electrons. The van der Waals surface area contributed by atoms with E-state index >= 15 is 0 Å². The Morgan fingerprint density at radius 3 is 2.54 bits per heavy atom. The molecule has 0 aromatic heterocycles. The van der Waals surface area contributed by atoms with Crippen LogP contribution in [0.3, 0.4) is 0 Å². The summed E-state index contributed by atoms with van der Waals surface area (Å²) in [5.41, 5.74) is 0. The molecular weight excluding hydrogens is 164 g/mol. The van der Waals surface area contributed by atoms with Crippen molar-refractivity contribution in [3.8, 4) is 0 Å². The smallest absolute Gasteiger partial charge is 0.237 e. The Kier molecular flexibility index (Phi) is 2.54. The third kappa shape index (κ3) is 1.70. The van der Waals surface area contributed by atoms with Gasteiger partial charge in [0.25, 0.3) is 0 Å². The molecule has 1 saturated heterocycles. The molecule has 3 heteroatoms. The molecule has 1 N–H and O–H groups in total. The van der Waals surface area contributed by atoms with Gasteiger partial charge >= 0.3 is 0 Å². The van der Waals surface area contributed by atoms with E-state index in [1.54, 1.807) is 0 Å². The van der Waals surface area contributed by atoms with Crippen LogP contribution in [-0.4, -0.2) is 30.6 Å². The first kappa shape index (κ1) is 9.00. The fourth-order valence-corrected chi connectivity index (χ4v) is 2.54. The molecule has 3 nitrogen and oxygen atoms in total. The lowest BCUT2D eigenvalue weighted by Gasteiger charge is -2.31. The first-order valence-electron chi connectivity index (χ1n) is 5.28. The molecule has 0 spiro atoms. The summed E-state index contributed by atoms with van der Waals surface area (Å²) in [5.74, 6) is 0.945. The molecule has 1 amide bonds. The van der Waals surface area contributed by atoms with E-state index in [0.717, 1.165) is 0 Å². The molecule has 0 aromatic carbocycles. The third-order valence-corrected chi connectivity index (χ3v) is 3.37. The zero-order chi connectivity index (χ0) is 9.26. The van der Waals surface area contributed by atoms with Crippen LogP contribution in [0.1, 0.15) is 32.1 Å². The van der Waals surface area contributed by atoms with Gasteiger partial charge in [-0.3, -0.25) is 10.1 Å². The highest BCUT2D eigenvalue weighted by Crippen LogP contribution is 2.28. The summed E-state index contributed by atoms with van der Waals surface area (Å²) in [6.07, 6.45) is 6.95. The number of hydrogen-bond acceptors (Lipinski definition) is 2. The molecular formula is C10H18N2O. The van der Waals surface area contributed by atoms with Crippen LogP contribution in [0.5, 0.6) is 0 Å².